The molecule has 2 aromatic heterocycles. The van der Waals surface area contributed by atoms with Crippen molar-refractivity contribution in [3.63, 3.8) is 0 Å². The molecule has 3 heterocycles. The Balaban J connectivity index is 1.69. The number of fused-ring (bicyclic) bond motifs is 3. The zero-order chi connectivity index (χ0) is 23.4. The van der Waals surface area contributed by atoms with Crippen LogP contribution >= 0.6 is 0 Å². The van der Waals surface area contributed by atoms with Crippen molar-refractivity contribution in [3.8, 4) is 28.6 Å². The van der Waals surface area contributed by atoms with E-state index in [1.165, 1.54) is 12.1 Å². The number of non-ortho nitro benzene ring substituents is 2. The van der Waals surface area contributed by atoms with Crippen molar-refractivity contribution in [2.45, 2.75) is 0 Å². The number of ether oxygens (including phenoxy) is 2. The van der Waals surface area contributed by atoms with Gasteiger partial charge in [-0.15, -0.1) is 0 Å². The van der Waals surface area contributed by atoms with E-state index in [0.29, 0.717) is 33.9 Å². The molecule has 1 aliphatic rings. The molecule has 166 valence electrons. The van der Waals surface area contributed by atoms with Gasteiger partial charge in [0.2, 0.25) is 6.79 Å². The van der Waals surface area contributed by atoms with Crippen molar-refractivity contribution in [2.24, 2.45) is 0 Å². The van der Waals surface area contributed by atoms with Gasteiger partial charge in [0.05, 0.1) is 32.6 Å². The summed E-state index contributed by atoms with van der Waals surface area (Å²) in [6.07, 6.45) is 0. The number of hydrogen-bond acceptors (Lipinski definition) is 9. The molecule has 0 amide bonds. The monoisotopic (exact) mass is 456 g/mol. The lowest BCUT2D eigenvalue weighted by Gasteiger charge is -2.10. The highest BCUT2D eigenvalue weighted by atomic mass is 16.7. The molecular weight excluding hydrogens is 444 g/mol. The van der Waals surface area contributed by atoms with E-state index in [4.69, 9.17) is 14.5 Å². The Labute approximate surface area is 189 Å². The Kier molecular flexibility index (Phi) is 4.14. The summed E-state index contributed by atoms with van der Waals surface area (Å²) in [4.78, 5) is 35.4. The number of nitrogens with zero attached hydrogens (tertiary/aromatic N) is 6. The summed E-state index contributed by atoms with van der Waals surface area (Å²) in [5, 5.41) is 22.9. The highest BCUT2D eigenvalue weighted by Crippen LogP contribution is 2.37. The first-order valence-electron chi connectivity index (χ1n) is 9.97. The Morgan fingerprint density at radius 1 is 0.794 bits per heavy atom. The van der Waals surface area contributed by atoms with E-state index in [2.05, 4.69) is 9.97 Å². The molecule has 0 saturated carbocycles. The number of rotatable bonds is 4. The second-order valence-electron chi connectivity index (χ2n) is 7.42. The first-order valence-corrected chi connectivity index (χ1v) is 9.97. The molecule has 0 aliphatic carbocycles. The first kappa shape index (κ1) is 19.5. The predicted octanol–water partition coefficient (Wildman–Crippen LogP) is 4.18. The lowest BCUT2D eigenvalue weighted by Crippen LogP contribution is -2.01. The lowest BCUT2D eigenvalue weighted by atomic mass is 10.1. The zero-order valence-electron chi connectivity index (χ0n) is 17.1. The number of nitro groups is 2. The van der Waals surface area contributed by atoms with Crippen LogP contribution in [0.2, 0.25) is 0 Å². The van der Waals surface area contributed by atoms with Crippen molar-refractivity contribution in [1.29, 1.82) is 0 Å². The Morgan fingerprint density at radius 2 is 1.47 bits per heavy atom. The summed E-state index contributed by atoms with van der Waals surface area (Å²) in [5.41, 5.74) is 1.76. The molecule has 6 rings (SSSR count). The van der Waals surface area contributed by atoms with Crippen LogP contribution in [0.5, 0.6) is 11.5 Å². The fourth-order valence-corrected chi connectivity index (χ4v) is 3.85. The number of para-hydroxylation sites is 2. The highest BCUT2D eigenvalue weighted by molar-refractivity contribution is 5.86. The second kappa shape index (κ2) is 7.20. The van der Waals surface area contributed by atoms with Crippen molar-refractivity contribution in [3.05, 3.63) is 80.9 Å². The highest BCUT2D eigenvalue weighted by Gasteiger charge is 2.24. The standard InChI is InChI=1S/C22H12N6O6/c29-27(30)14-7-12(8-15(9-14)28(31)32)21-25-20-22(24-17-4-2-1-3-16(17)23-20)26(21)13-5-6-18-19(10-13)34-11-33-18/h1-10H,11H2. The number of hydrogen-bond donors (Lipinski definition) is 0. The Hall–Kier alpha value is -5.13. The maximum Gasteiger partial charge on any atom is 0.277 e. The van der Waals surface area contributed by atoms with E-state index >= 15 is 0 Å². The van der Waals surface area contributed by atoms with Crippen LogP contribution in [0.3, 0.4) is 0 Å². The minimum absolute atomic E-state index is 0.0812. The van der Waals surface area contributed by atoms with E-state index in [0.717, 1.165) is 6.07 Å². The van der Waals surface area contributed by atoms with Crippen molar-refractivity contribution >= 4 is 33.7 Å². The van der Waals surface area contributed by atoms with Gasteiger partial charge in [0, 0.05) is 23.8 Å². The Bertz CT molecular complexity index is 1630. The van der Waals surface area contributed by atoms with Gasteiger partial charge >= 0.3 is 0 Å². The maximum atomic E-state index is 11.5. The predicted molar refractivity (Wildman–Crippen MR) is 119 cm³/mol. The third kappa shape index (κ3) is 3.04. The fraction of sp³-hybridized carbons (Fsp3) is 0.0455. The van der Waals surface area contributed by atoms with Gasteiger partial charge in [-0.3, -0.25) is 24.8 Å². The molecule has 0 N–H and O–H groups in total. The number of nitro benzene ring substituents is 2. The largest absolute Gasteiger partial charge is 0.454 e. The summed E-state index contributed by atoms with van der Waals surface area (Å²) >= 11 is 0. The topological polar surface area (TPSA) is 148 Å². The van der Waals surface area contributed by atoms with Gasteiger partial charge < -0.3 is 9.47 Å². The normalized spacial score (nSPS) is 12.4. The van der Waals surface area contributed by atoms with Gasteiger partial charge in [-0.1, -0.05) is 12.1 Å². The molecule has 0 saturated heterocycles. The van der Waals surface area contributed by atoms with E-state index in [-0.39, 0.29) is 23.8 Å². The second-order valence-corrected chi connectivity index (χ2v) is 7.42. The molecule has 0 atom stereocenters. The van der Waals surface area contributed by atoms with Gasteiger partial charge in [-0.2, -0.15) is 0 Å². The summed E-state index contributed by atoms with van der Waals surface area (Å²) in [5.74, 6) is 1.28. The quantitative estimate of drug-likeness (QED) is 0.287. The van der Waals surface area contributed by atoms with Crippen LogP contribution in [0.15, 0.2) is 60.7 Å². The van der Waals surface area contributed by atoms with Crippen LogP contribution in [-0.2, 0) is 0 Å². The van der Waals surface area contributed by atoms with Crippen LogP contribution in [0, 0.1) is 20.2 Å². The van der Waals surface area contributed by atoms with Crippen LogP contribution in [-0.4, -0.2) is 36.2 Å². The Morgan fingerprint density at radius 3 is 2.18 bits per heavy atom. The average Bonchev–Trinajstić information content (AvgIpc) is 3.45. The number of benzene rings is 3. The van der Waals surface area contributed by atoms with E-state index in [1.54, 1.807) is 34.9 Å². The molecule has 1 aliphatic heterocycles. The molecule has 0 bridgehead atoms. The molecule has 0 fully saturated rings. The molecule has 5 aromatic rings. The third-order valence-corrected chi connectivity index (χ3v) is 5.37. The van der Waals surface area contributed by atoms with Gasteiger partial charge in [-0.25, -0.2) is 15.0 Å². The van der Waals surface area contributed by atoms with Crippen LogP contribution < -0.4 is 9.47 Å². The van der Waals surface area contributed by atoms with Crippen LogP contribution in [0.25, 0.3) is 39.4 Å². The SMILES string of the molecule is O=[N+]([O-])c1cc(-c2nc3nc4ccccc4nc3n2-c2ccc3c(c2)OCO3)cc([N+](=O)[O-])c1. The average molecular weight is 456 g/mol. The van der Waals surface area contributed by atoms with Gasteiger partial charge in [0.15, 0.2) is 22.8 Å². The molecule has 3 aromatic carbocycles. The number of aromatic nitrogens is 4. The van der Waals surface area contributed by atoms with Crippen molar-refractivity contribution in [2.75, 3.05) is 6.79 Å². The van der Waals surface area contributed by atoms with Crippen LogP contribution in [0.1, 0.15) is 0 Å². The lowest BCUT2D eigenvalue weighted by molar-refractivity contribution is -0.394. The molecule has 0 radical (unpaired) electrons. The molecule has 0 spiro atoms. The molecule has 12 heteroatoms. The molecule has 0 unspecified atom stereocenters. The van der Waals surface area contributed by atoms with Crippen LogP contribution in [0.4, 0.5) is 11.4 Å². The number of imidazole rings is 1. The molecule has 12 nitrogen and oxygen atoms in total. The summed E-state index contributed by atoms with van der Waals surface area (Å²) in [6.45, 7) is 0.0812. The van der Waals surface area contributed by atoms with Crippen molar-refractivity contribution in [1.82, 2.24) is 19.5 Å². The fourth-order valence-electron chi connectivity index (χ4n) is 3.85. The maximum absolute atomic E-state index is 11.5. The molecule has 34 heavy (non-hydrogen) atoms. The first-order chi connectivity index (χ1) is 16.5. The van der Waals surface area contributed by atoms with E-state index in [9.17, 15) is 20.2 Å². The summed E-state index contributed by atoms with van der Waals surface area (Å²) in [7, 11) is 0. The van der Waals surface area contributed by atoms with Gasteiger partial charge in [0.1, 0.15) is 5.82 Å². The molecular formula is C22H12N6O6. The summed E-state index contributed by atoms with van der Waals surface area (Å²) in [6, 6.07) is 15.8. The smallest absolute Gasteiger partial charge is 0.277 e. The minimum atomic E-state index is -0.686. The van der Waals surface area contributed by atoms with Gasteiger partial charge in [-0.05, 0) is 24.3 Å². The van der Waals surface area contributed by atoms with E-state index < -0.39 is 21.2 Å². The summed E-state index contributed by atoms with van der Waals surface area (Å²) < 4.78 is 12.5. The van der Waals surface area contributed by atoms with Crippen molar-refractivity contribution < 1.29 is 19.3 Å². The third-order valence-electron chi connectivity index (χ3n) is 5.37. The van der Waals surface area contributed by atoms with E-state index in [1.807, 2.05) is 12.1 Å². The minimum Gasteiger partial charge on any atom is -0.454 e. The van der Waals surface area contributed by atoms with Gasteiger partial charge in [0.25, 0.3) is 11.4 Å². The zero-order valence-corrected chi connectivity index (χ0v) is 17.1.